The summed E-state index contributed by atoms with van der Waals surface area (Å²) in [6, 6.07) is 15.5. The van der Waals surface area contributed by atoms with E-state index in [9.17, 15) is 29.7 Å². The number of aliphatic hydroxyl groups excluding tert-OH is 3. The monoisotopic (exact) mass is 600 g/mol. The third-order valence-electron chi connectivity index (χ3n) is 7.35. The fourth-order valence-corrected chi connectivity index (χ4v) is 5.21. The molecule has 43 heavy (non-hydrogen) atoms. The van der Waals surface area contributed by atoms with Gasteiger partial charge in [-0.2, -0.15) is 0 Å². The normalized spacial score (nSPS) is 23.2. The number of methoxy groups -OCH3 is 1. The summed E-state index contributed by atoms with van der Waals surface area (Å²) in [7, 11) is 1.40. The number of carbonyl (C=O) groups excluding carboxylic acids is 3. The van der Waals surface area contributed by atoms with Crippen LogP contribution in [-0.2, 0) is 19.1 Å². The molecule has 0 saturated carbocycles. The molecule has 2 aromatic rings. The van der Waals surface area contributed by atoms with E-state index in [1.807, 2.05) is 42.5 Å². The van der Waals surface area contributed by atoms with Gasteiger partial charge in [-0.15, -0.1) is 0 Å². The van der Waals surface area contributed by atoms with Gasteiger partial charge in [0, 0.05) is 39.0 Å². The van der Waals surface area contributed by atoms with Crippen LogP contribution in [0.2, 0.25) is 0 Å². The number of hydrogen-bond donors (Lipinski definition) is 7. The lowest BCUT2D eigenvalue weighted by Crippen LogP contribution is -2.70. The smallest absolute Gasteiger partial charge is 0.251 e. The van der Waals surface area contributed by atoms with Crippen molar-refractivity contribution in [3.05, 3.63) is 60.2 Å². The van der Waals surface area contributed by atoms with E-state index in [-0.39, 0.29) is 31.9 Å². The number of ether oxygens (including phenoxy) is 2. The van der Waals surface area contributed by atoms with Crippen molar-refractivity contribution in [2.75, 3.05) is 26.8 Å². The summed E-state index contributed by atoms with van der Waals surface area (Å²) in [5.74, 6) is -1.31. The summed E-state index contributed by atoms with van der Waals surface area (Å²) in [5.41, 5.74) is 6.28. The molecule has 6 atom stereocenters. The predicted octanol–water partition coefficient (Wildman–Crippen LogP) is 0.438. The molecule has 1 heterocycles. The Morgan fingerprint density at radius 2 is 1.72 bits per heavy atom. The van der Waals surface area contributed by atoms with Gasteiger partial charge in [-0.05, 0) is 42.6 Å². The Kier molecular flexibility index (Phi) is 13.1. The second-order valence-electron chi connectivity index (χ2n) is 10.9. The van der Waals surface area contributed by atoms with Crippen LogP contribution in [0.4, 0.5) is 0 Å². The molecule has 3 amide bonds. The molecule has 1 saturated heterocycles. The van der Waals surface area contributed by atoms with Gasteiger partial charge in [0.05, 0.1) is 24.9 Å². The standard InChI is InChI=1S/C31H44N4O8/c1-20(36)34-27-24(37)17-31(19-42-2,35-26(39)11-7-4-8-16-32)43-29(27)28(40)25(38)18-33-30(41)23-14-12-22(13-15-23)21-9-5-3-6-10-21/h3,5-6,9-10,12-15,24-25,27-29,37-38,40H,4,7-8,11,16-19,32H2,1-2H3,(H,33,41)(H,34,36)(H,35,39). The van der Waals surface area contributed by atoms with Crippen LogP contribution < -0.4 is 21.7 Å². The number of hydrogen-bond acceptors (Lipinski definition) is 9. The first kappa shape index (κ1) is 34.1. The van der Waals surface area contributed by atoms with Crippen molar-refractivity contribution in [1.82, 2.24) is 16.0 Å². The van der Waals surface area contributed by atoms with Gasteiger partial charge in [-0.1, -0.05) is 48.9 Å². The summed E-state index contributed by atoms with van der Waals surface area (Å²) in [6.07, 6.45) is -3.66. The number of carbonyl (C=O) groups is 3. The van der Waals surface area contributed by atoms with Crippen molar-refractivity contribution in [2.45, 2.75) is 75.2 Å². The zero-order valence-corrected chi connectivity index (χ0v) is 24.7. The average Bonchev–Trinajstić information content (AvgIpc) is 2.99. The molecule has 0 bridgehead atoms. The van der Waals surface area contributed by atoms with E-state index in [0.29, 0.717) is 18.5 Å². The highest BCUT2D eigenvalue weighted by atomic mass is 16.6. The van der Waals surface area contributed by atoms with Gasteiger partial charge in [0.25, 0.3) is 5.91 Å². The highest BCUT2D eigenvalue weighted by Gasteiger charge is 2.51. The van der Waals surface area contributed by atoms with Crippen LogP contribution in [0.25, 0.3) is 11.1 Å². The number of unbranched alkanes of at least 4 members (excludes halogenated alkanes) is 2. The van der Waals surface area contributed by atoms with E-state index in [2.05, 4.69) is 16.0 Å². The quantitative estimate of drug-likeness (QED) is 0.142. The second kappa shape index (κ2) is 16.5. The van der Waals surface area contributed by atoms with E-state index in [1.165, 1.54) is 14.0 Å². The van der Waals surface area contributed by atoms with E-state index >= 15 is 0 Å². The van der Waals surface area contributed by atoms with Crippen molar-refractivity contribution >= 4 is 17.7 Å². The molecule has 1 fully saturated rings. The Morgan fingerprint density at radius 1 is 1.05 bits per heavy atom. The Labute approximate surface area is 252 Å². The van der Waals surface area contributed by atoms with Crippen LogP contribution in [0.3, 0.4) is 0 Å². The second-order valence-corrected chi connectivity index (χ2v) is 10.9. The molecular formula is C31H44N4O8. The topological polar surface area (TPSA) is 192 Å². The number of nitrogens with one attached hydrogen (secondary N) is 3. The number of benzene rings is 2. The van der Waals surface area contributed by atoms with Gasteiger partial charge < -0.3 is 46.5 Å². The third-order valence-corrected chi connectivity index (χ3v) is 7.35. The molecule has 1 aliphatic heterocycles. The molecule has 12 nitrogen and oxygen atoms in total. The lowest BCUT2D eigenvalue weighted by Gasteiger charge is -2.49. The van der Waals surface area contributed by atoms with Crippen molar-refractivity contribution in [2.24, 2.45) is 5.73 Å². The molecule has 3 rings (SSSR count). The lowest BCUT2D eigenvalue weighted by atomic mass is 9.87. The largest absolute Gasteiger partial charge is 0.391 e. The van der Waals surface area contributed by atoms with Gasteiger partial charge in [-0.3, -0.25) is 14.4 Å². The first-order valence-corrected chi connectivity index (χ1v) is 14.5. The van der Waals surface area contributed by atoms with Gasteiger partial charge in [0.2, 0.25) is 11.8 Å². The van der Waals surface area contributed by atoms with Gasteiger partial charge in [0.15, 0.2) is 5.72 Å². The molecule has 236 valence electrons. The Balaban J connectivity index is 1.69. The van der Waals surface area contributed by atoms with Crippen molar-refractivity contribution in [3.8, 4) is 11.1 Å². The van der Waals surface area contributed by atoms with Crippen LogP contribution in [-0.4, -0.2) is 96.0 Å². The maximum atomic E-state index is 12.8. The summed E-state index contributed by atoms with van der Waals surface area (Å²) >= 11 is 0. The maximum Gasteiger partial charge on any atom is 0.251 e. The van der Waals surface area contributed by atoms with Crippen LogP contribution in [0.15, 0.2) is 54.6 Å². The maximum absolute atomic E-state index is 12.8. The summed E-state index contributed by atoms with van der Waals surface area (Å²) in [5, 5.41) is 41.0. The van der Waals surface area contributed by atoms with Gasteiger partial charge >= 0.3 is 0 Å². The van der Waals surface area contributed by atoms with E-state index in [1.54, 1.807) is 12.1 Å². The minimum Gasteiger partial charge on any atom is -0.391 e. The van der Waals surface area contributed by atoms with E-state index in [4.69, 9.17) is 15.2 Å². The van der Waals surface area contributed by atoms with E-state index in [0.717, 1.165) is 24.0 Å². The minimum atomic E-state index is -1.68. The number of aliphatic hydroxyl groups is 3. The minimum absolute atomic E-state index is 0.143. The highest BCUT2D eigenvalue weighted by molar-refractivity contribution is 5.94. The number of nitrogens with two attached hydrogens (primary N) is 1. The SMILES string of the molecule is COCC1(NC(=O)CCCCCN)CC(O)C(NC(C)=O)C(C(O)C(O)CNC(=O)c2ccc(-c3ccccc3)cc2)O1. The molecule has 0 spiro atoms. The lowest BCUT2D eigenvalue weighted by molar-refractivity contribution is -0.241. The first-order chi connectivity index (χ1) is 20.6. The molecule has 6 unspecified atom stereocenters. The van der Waals surface area contributed by atoms with Crippen LogP contribution in [0.1, 0.15) is 49.4 Å². The Morgan fingerprint density at radius 3 is 2.35 bits per heavy atom. The summed E-state index contributed by atoms with van der Waals surface area (Å²) in [4.78, 5) is 37.5. The summed E-state index contributed by atoms with van der Waals surface area (Å²) < 4.78 is 11.4. The molecule has 12 heteroatoms. The molecule has 1 aliphatic rings. The van der Waals surface area contributed by atoms with Crippen molar-refractivity contribution < 1.29 is 39.2 Å². The van der Waals surface area contributed by atoms with Crippen LogP contribution in [0.5, 0.6) is 0 Å². The van der Waals surface area contributed by atoms with Gasteiger partial charge in [0.1, 0.15) is 12.2 Å². The fourth-order valence-electron chi connectivity index (χ4n) is 5.21. The highest BCUT2D eigenvalue weighted by Crippen LogP contribution is 2.31. The van der Waals surface area contributed by atoms with Gasteiger partial charge in [-0.25, -0.2) is 0 Å². The zero-order valence-electron chi connectivity index (χ0n) is 24.7. The fraction of sp³-hybridized carbons (Fsp3) is 0.516. The molecular weight excluding hydrogens is 556 g/mol. The number of amides is 3. The number of rotatable bonds is 15. The van der Waals surface area contributed by atoms with Crippen molar-refractivity contribution in [1.29, 1.82) is 0 Å². The van der Waals surface area contributed by atoms with Crippen LogP contribution >= 0.6 is 0 Å². The van der Waals surface area contributed by atoms with E-state index < -0.39 is 48.0 Å². The molecule has 2 aromatic carbocycles. The zero-order chi connectivity index (χ0) is 31.4. The first-order valence-electron chi connectivity index (χ1n) is 14.5. The van der Waals surface area contributed by atoms with Crippen molar-refractivity contribution in [3.63, 3.8) is 0 Å². The molecule has 8 N–H and O–H groups in total. The molecule has 0 radical (unpaired) electrons. The predicted molar refractivity (Wildman–Crippen MR) is 160 cm³/mol. The third kappa shape index (κ3) is 9.82. The summed E-state index contributed by atoms with van der Waals surface area (Å²) in [6.45, 7) is 1.25. The molecule has 0 aromatic heterocycles. The Bertz CT molecular complexity index is 1180. The Hall–Kier alpha value is -3.39. The molecule has 0 aliphatic carbocycles. The average molecular weight is 601 g/mol. The van der Waals surface area contributed by atoms with Crippen LogP contribution in [0, 0.1) is 0 Å².